The number of hydrogen-bond donors (Lipinski definition) is 1. The van der Waals surface area contributed by atoms with Gasteiger partial charge in [-0.1, -0.05) is 19.1 Å². The number of sulfonamides is 1. The lowest BCUT2D eigenvalue weighted by Crippen LogP contribution is -2.48. The van der Waals surface area contributed by atoms with Crippen LogP contribution in [0.15, 0.2) is 42.5 Å². The molecule has 3 rings (SSSR count). The Morgan fingerprint density at radius 2 is 1.79 bits per heavy atom. The second-order valence-electron chi connectivity index (χ2n) is 8.85. The molecule has 3 atom stereocenters. The zero-order valence-electron chi connectivity index (χ0n) is 19.4. The molecule has 2 aromatic carbocycles. The molecule has 0 spiro atoms. The Kier molecular flexibility index (Phi) is 7.62. The van der Waals surface area contributed by atoms with Gasteiger partial charge in [0.2, 0.25) is 15.9 Å². The molecular formula is C24H31F2N3O3S. The van der Waals surface area contributed by atoms with Crippen LogP contribution in [-0.2, 0) is 14.8 Å². The Morgan fingerprint density at radius 3 is 2.36 bits per heavy atom. The molecule has 0 aromatic heterocycles. The fraction of sp³-hybridized carbons (Fsp3) is 0.458. The van der Waals surface area contributed by atoms with Gasteiger partial charge in [0, 0.05) is 24.8 Å². The van der Waals surface area contributed by atoms with Gasteiger partial charge in [0.15, 0.2) is 11.6 Å². The number of halogens is 2. The summed E-state index contributed by atoms with van der Waals surface area (Å²) in [4.78, 5) is 15.3. The first kappa shape index (κ1) is 25.0. The number of carbonyl (C=O) groups excluding carboxylic acids is 1. The van der Waals surface area contributed by atoms with Gasteiger partial charge in [0.25, 0.3) is 0 Å². The Hall–Kier alpha value is -2.68. The van der Waals surface area contributed by atoms with Gasteiger partial charge < -0.3 is 10.2 Å². The summed E-state index contributed by atoms with van der Waals surface area (Å²) < 4.78 is 52.6. The van der Waals surface area contributed by atoms with Crippen LogP contribution in [0.25, 0.3) is 0 Å². The Morgan fingerprint density at radius 1 is 1.12 bits per heavy atom. The third kappa shape index (κ3) is 6.01. The van der Waals surface area contributed by atoms with Gasteiger partial charge in [-0.25, -0.2) is 17.2 Å². The first-order chi connectivity index (χ1) is 15.5. The van der Waals surface area contributed by atoms with Crippen LogP contribution in [0.2, 0.25) is 0 Å². The van der Waals surface area contributed by atoms with Crippen molar-refractivity contribution >= 4 is 27.3 Å². The van der Waals surface area contributed by atoms with Crippen molar-refractivity contribution in [1.82, 2.24) is 5.32 Å². The van der Waals surface area contributed by atoms with Crippen molar-refractivity contribution in [2.24, 2.45) is 5.92 Å². The standard InChI is InChI=1S/C24H31F2N3O3S/c1-16-6-5-13-28(15-16)20-9-7-19(8-10-20)17(2)27-24(30)18(3)29(33(4,31)32)21-11-12-22(25)23(26)14-21/h7-12,14,16-18H,5-6,13,15H2,1-4H3,(H,27,30)/t16-,17-,18+/m1/s1. The van der Waals surface area contributed by atoms with E-state index in [-0.39, 0.29) is 11.7 Å². The quantitative estimate of drug-likeness (QED) is 0.645. The third-order valence-corrected chi connectivity index (χ3v) is 7.26. The van der Waals surface area contributed by atoms with E-state index in [1.54, 1.807) is 0 Å². The number of amides is 1. The van der Waals surface area contributed by atoms with Gasteiger partial charge in [-0.05, 0) is 62.4 Å². The lowest BCUT2D eigenvalue weighted by molar-refractivity contribution is -0.122. The highest BCUT2D eigenvalue weighted by molar-refractivity contribution is 7.92. The summed E-state index contributed by atoms with van der Waals surface area (Å²) >= 11 is 0. The molecule has 0 radical (unpaired) electrons. The second kappa shape index (κ2) is 10.1. The summed E-state index contributed by atoms with van der Waals surface area (Å²) in [6, 6.07) is 9.16. The first-order valence-electron chi connectivity index (χ1n) is 11.1. The minimum absolute atomic E-state index is 0.119. The van der Waals surface area contributed by atoms with Crippen molar-refractivity contribution in [3.05, 3.63) is 59.7 Å². The number of rotatable bonds is 7. The Labute approximate surface area is 194 Å². The summed E-state index contributed by atoms with van der Waals surface area (Å²) in [5, 5.41) is 2.82. The molecule has 1 aliphatic heterocycles. The SMILES string of the molecule is C[C@@H]1CCCN(c2ccc([C@@H](C)NC(=O)[C@H](C)N(c3ccc(F)c(F)c3)S(C)(=O)=O)cc2)C1. The number of anilines is 2. The Balaban J connectivity index is 1.72. The van der Waals surface area contributed by atoms with Gasteiger partial charge in [0.1, 0.15) is 6.04 Å². The average molecular weight is 480 g/mol. The van der Waals surface area contributed by atoms with Crippen molar-refractivity contribution in [2.75, 3.05) is 28.6 Å². The normalized spacial score (nSPS) is 18.5. The van der Waals surface area contributed by atoms with E-state index in [4.69, 9.17) is 0 Å². The smallest absolute Gasteiger partial charge is 0.244 e. The van der Waals surface area contributed by atoms with Crippen LogP contribution in [0, 0.1) is 17.6 Å². The maximum absolute atomic E-state index is 13.7. The summed E-state index contributed by atoms with van der Waals surface area (Å²) in [5.74, 6) is -2.18. The van der Waals surface area contributed by atoms with Crippen molar-refractivity contribution in [2.45, 2.75) is 45.7 Å². The maximum Gasteiger partial charge on any atom is 0.244 e. The van der Waals surface area contributed by atoms with Gasteiger partial charge in [-0.2, -0.15) is 0 Å². The number of piperidine rings is 1. The number of nitrogens with zero attached hydrogens (tertiary/aromatic N) is 2. The third-order valence-electron chi connectivity index (χ3n) is 6.02. The van der Waals surface area contributed by atoms with Crippen LogP contribution in [0.3, 0.4) is 0 Å². The van der Waals surface area contributed by atoms with Crippen molar-refractivity contribution < 1.29 is 22.0 Å². The number of benzene rings is 2. The second-order valence-corrected chi connectivity index (χ2v) is 10.7. The largest absolute Gasteiger partial charge is 0.371 e. The number of carbonyl (C=O) groups is 1. The van der Waals surface area contributed by atoms with Crippen LogP contribution < -0.4 is 14.5 Å². The van der Waals surface area contributed by atoms with Gasteiger partial charge in [-0.15, -0.1) is 0 Å². The molecule has 1 heterocycles. The van der Waals surface area contributed by atoms with Gasteiger partial charge >= 0.3 is 0 Å². The molecule has 1 N–H and O–H groups in total. The molecule has 0 saturated carbocycles. The molecule has 33 heavy (non-hydrogen) atoms. The average Bonchev–Trinajstić information content (AvgIpc) is 2.75. The monoisotopic (exact) mass is 479 g/mol. The lowest BCUT2D eigenvalue weighted by atomic mass is 9.99. The van der Waals surface area contributed by atoms with E-state index in [0.29, 0.717) is 5.92 Å². The highest BCUT2D eigenvalue weighted by atomic mass is 32.2. The molecular weight excluding hydrogens is 448 g/mol. The van der Waals surface area contributed by atoms with Crippen molar-refractivity contribution in [3.63, 3.8) is 0 Å². The molecule has 2 aromatic rings. The molecule has 1 aliphatic rings. The minimum Gasteiger partial charge on any atom is -0.371 e. The minimum atomic E-state index is -3.94. The predicted molar refractivity (Wildman–Crippen MR) is 127 cm³/mol. The molecule has 0 unspecified atom stereocenters. The highest BCUT2D eigenvalue weighted by Gasteiger charge is 2.30. The maximum atomic E-state index is 13.7. The van der Waals surface area contributed by atoms with Crippen LogP contribution in [-0.4, -0.2) is 39.7 Å². The van der Waals surface area contributed by atoms with Gasteiger partial charge in [-0.3, -0.25) is 9.10 Å². The van der Waals surface area contributed by atoms with Crippen molar-refractivity contribution in [1.29, 1.82) is 0 Å². The van der Waals surface area contributed by atoms with E-state index in [9.17, 15) is 22.0 Å². The van der Waals surface area contributed by atoms with Crippen LogP contribution in [0.1, 0.15) is 45.2 Å². The molecule has 1 saturated heterocycles. The fourth-order valence-corrected chi connectivity index (χ4v) is 5.41. The van der Waals surface area contributed by atoms with Crippen molar-refractivity contribution in [3.8, 4) is 0 Å². The zero-order chi connectivity index (χ0) is 24.3. The zero-order valence-corrected chi connectivity index (χ0v) is 20.2. The van der Waals surface area contributed by atoms with Crippen LogP contribution in [0.5, 0.6) is 0 Å². The van der Waals surface area contributed by atoms with E-state index >= 15 is 0 Å². The number of nitrogens with one attached hydrogen (secondary N) is 1. The van der Waals surface area contributed by atoms with E-state index in [1.807, 2.05) is 31.2 Å². The van der Waals surface area contributed by atoms with E-state index in [1.165, 1.54) is 19.8 Å². The molecule has 6 nitrogen and oxygen atoms in total. The molecule has 9 heteroatoms. The van der Waals surface area contributed by atoms with Gasteiger partial charge in [0.05, 0.1) is 18.0 Å². The molecule has 1 fully saturated rings. The summed E-state index contributed by atoms with van der Waals surface area (Å²) in [6.45, 7) is 7.52. The molecule has 0 aliphatic carbocycles. The topological polar surface area (TPSA) is 69.7 Å². The van der Waals surface area contributed by atoms with E-state index < -0.39 is 33.6 Å². The van der Waals surface area contributed by atoms with Crippen LogP contribution >= 0.6 is 0 Å². The highest BCUT2D eigenvalue weighted by Crippen LogP contribution is 2.26. The molecule has 1 amide bonds. The predicted octanol–water partition coefficient (Wildman–Crippen LogP) is 4.23. The first-order valence-corrected chi connectivity index (χ1v) is 12.9. The molecule has 0 bridgehead atoms. The summed E-state index contributed by atoms with van der Waals surface area (Å²) in [7, 11) is -3.94. The number of hydrogen-bond acceptors (Lipinski definition) is 4. The summed E-state index contributed by atoms with van der Waals surface area (Å²) in [6.07, 6.45) is 3.33. The molecule has 180 valence electrons. The van der Waals surface area contributed by atoms with E-state index in [0.717, 1.165) is 53.1 Å². The van der Waals surface area contributed by atoms with Crippen LogP contribution in [0.4, 0.5) is 20.2 Å². The fourth-order valence-electron chi connectivity index (χ4n) is 4.25. The Bertz CT molecular complexity index is 1090. The summed E-state index contributed by atoms with van der Waals surface area (Å²) in [5.41, 5.74) is 1.90. The van der Waals surface area contributed by atoms with E-state index in [2.05, 4.69) is 17.1 Å². The lowest BCUT2D eigenvalue weighted by Gasteiger charge is -2.33.